The molecule has 5 nitrogen and oxygen atoms in total. The smallest absolute Gasteiger partial charge is 0.251 e. The fraction of sp³-hybridized carbons (Fsp3) is 0.188. The molecule has 0 fully saturated rings. The Labute approximate surface area is 123 Å². The Hall–Kier alpha value is -2.69. The monoisotopic (exact) mass is 283 g/mol. The van der Waals surface area contributed by atoms with Gasteiger partial charge in [-0.15, -0.1) is 0 Å². The SMILES string of the molecule is CN(Cc1cccnc1)C(=O)CNC(=O)c1ccccc1. The summed E-state index contributed by atoms with van der Waals surface area (Å²) >= 11 is 0. The minimum atomic E-state index is -0.251. The third-order valence-corrected chi connectivity index (χ3v) is 3.00. The van der Waals surface area contributed by atoms with Gasteiger partial charge in [-0.1, -0.05) is 24.3 Å². The van der Waals surface area contributed by atoms with Crippen LogP contribution in [0.2, 0.25) is 0 Å². The topological polar surface area (TPSA) is 62.3 Å². The van der Waals surface area contributed by atoms with E-state index in [2.05, 4.69) is 10.3 Å². The molecule has 2 rings (SSSR count). The number of nitrogens with one attached hydrogen (secondary N) is 1. The van der Waals surface area contributed by atoms with Crippen LogP contribution in [-0.2, 0) is 11.3 Å². The number of rotatable bonds is 5. The lowest BCUT2D eigenvalue weighted by atomic mass is 10.2. The molecule has 0 radical (unpaired) electrons. The van der Waals surface area contributed by atoms with Crippen LogP contribution in [0.25, 0.3) is 0 Å². The van der Waals surface area contributed by atoms with E-state index in [0.29, 0.717) is 12.1 Å². The molecule has 1 aromatic carbocycles. The van der Waals surface area contributed by atoms with Crippen molar-refractivity contribution < 1.29 is 9.59 Å². The molecule has 0 spiro atoms. The maximum absolute atomic E-state index is 12.0. The fourth-order valence-electron chi connectivity index (χ4n) is 1.84. The van der Waals surface area contributed by atoms with Crippen LogP contribution in [0, 0.1) is 0 Å². The van der Waals surface area contributed by atoms with Crippen LogP contribution in [-0.4, -0.2) is 35.3 Å². The molecule has 2 aromatic rings. The molecule has 1 N–H and O–H groups in total. The van der Waals surface area contributed by atoms with E-state index in [1.165, 1.54) is 0 Å². The molecule has 0 unspecified atom stereocenters. The van der Waals surface area contributed by atoms with Gasteiger partial charge in [-0.3, -0.25) is 14.6 Å². The largest absolute Gasteiger partial charge is 0.343 e. The van der Waals surface area contributed by atoms with E-state index in [0.717, 1.165) is 5.56 Å². The van der Waals surface area contributed by atoms with E-state index in [9.17, 15) is 9.59 Å². The first-order chi connectivity index (χ1) is 10.2. The number of carbonyl (C=O) groups excluding carboxylic acids is 2. The van der Waals surface area contributed by atoms with Gasteiger partial charge < -0.3 is 10.2 Å². The summed E-state index contributed by atoms with van der Waals surface area (Å²) in [7, 11) is 1.70. The van der Waals surface area contributed by atoms with Crippen molar-refractivity contribution in [2.75, 3.05) is 13.6 Å². The Bertz CT molecular complexity index is 599. The number of aromatic nitrogens is 1. The zero-order valence-electron chi connectivity index (χ0n) is 11.8. The van der Waals surface area contributed by atoms with Crippen molar-refractivity contribution in [1.82, 2.24) is 15.2 Å². The Balaban J connectivity index is 1.83. The Morgan fingerprint density at radius 3 is 2.57 bits per heavy atom. The second-order valence-corrected chi connectivity index (χ2v) is 4.66. The van der Waals surface area contributed by atoms with Gasteiger partial charge in [0.25, 0.3) is 5.91 Å². The van der Waals surface area contributed by atoms with Crippen LogP contribution in [0.5, 0.6) is 0 Å². The highest BCUT2D eigenvalue weighted by Gasteiger charge is 2.11. The average Bonchev–Trinajstić information content (AvgIpc) is 2.54. The minimum Gasteiger partial charge on any atom is -0.343 e. The number of hydrogen-bond acceptors (Lipinski definition) is 3. The molecule has 0 saturated heterocycles. The number of hydrogen-bond donors (Lipinski definition) is 1. The lowest BCUT2D eigenvalue weighted by Gasteiger charge is -2.17. The summed E-state index contributed by atoms with van der Waals surface area (Å²) in [6, 6.07) is 12.5. The lowest BCUT2D eigenvalue weighted by Crippen LogP contribution is -2.37. The van der Waals surface area contributed by atoms with Gasteiger partial charge >= 0.3 is 0 Å². The predicted molar refractivity (Wildman–Crippen MR) is 79.5 cm³/mol. The summed E-state index contributed by atoms with van der Waals surface area (Å²) in [6.07, 6.45) is 3.40. The van der Waals surface area contributed by atoms with Crippen molar-refractivity contribution in [3.8, 4) is 0 Å². The number of likely N-dealkylation sites (N-methyl/N-ethyl adjacent to an activating group) is 1. The first-order valence-corrected chi connectivity index (χ1v) is 6.63. The zero-order chi connectivity index (χ0) is 15.1. The highest BCUT2D eigenvalue weighted by molar-refractivity contribution is 5.96. The second-order valence-electron chi connectivity index (χ2n) is 4.66. The summed E-state index contributed by atoms with van der Waals surface area (Å²) in [4.78, 5) is 29.4. The minimum absolute atomic E-state index is 0.0233. The van der Waals surface area contributed by atoms with E-state index in [-0.39, 0.29) is 18.4 Å². The Morgan fingerprint density at radius 1 is 1.14 bits per heavy atom. The van der Waals surface area contributed by atoms with E-state index < -0.39 is 0 Å². The second kappa shape index (κ2) is 7.19. The summed E-state index contributed by atoms with van der Waals surface area (Å²) in [5, 5.41) is 2.62. The van der Waals surface area contributed by atoms with E-state index in [4.69, 9.17) is 0 Å². The number of pyridine rings is 1. The molecular formula is C16H17N3O2. The first kappa shape index (κ1) is 14.7. The van der Waals surface area contributed by atoms with Crippen LogP contribution in [0.1, 0.15) is 15.9 Å². The van der Waals surface area contributed by atoms with Gasteiger partial charge in [-0.2, -0.15) is 0 Å². The molecule has 1 aromatic heterocycles. The number of amides is 2. The molecule has 0 aliphatic heterocycles. The molecule has 0 aliphatic rings. The summed E-state index contributed by atoms with van der Waals surface area (Å²) in [5.74, 6) is -0.401. The molecule has 5 heteroatoms. The molecule has 2 amide bonds. The van der Waals surface area contributed by atoms with Crippen LogP contribution in [0.15, 0.2) is 54.9 Å². The zero-order valence-corrected chi connectivity index (χ0v) is 11.8. The average molecular weight is 283 g/mol. The van der Waals surface area contributed by atoms with Crippen LogP contribution in [0.3, 0.4) is 0 Å². The maximum Gasteiger partial charge on any atom is 0.251 e. The molecule has 0 atom stereocenters. The predicted octanol–water partition coefficient (Wildman–Crippen LogP) is 1.47. The maximum atomic E-state index is 12.0. The normalized spacial score (nSPS) is 9.95. The van der Waals surface area contributed by atoms with Gasteiger partial charge in [0.1, 0.15) is 0 Å². The van der Waals surface area contributed by atoms with Crippen molar-refractivity contribution in [3.05, 3.63) is 66.0 Å². The summed E-state index contributed by atoms with van der Waals surface area (Å²) in [6.45, 7) is 0.443. The van der Waals surface area contributed by atoms with Crippen molar-refractivity contribution in [2.24, 2.45) is 0 Å². The van der Waals surface area contributed by atoms with Crippen molar-refractivity contribution in [1.29, 1.82) is 0 Å². The van der Waals surface area contributed by atoms with E-state index in [1.54, 1.807) is 48.6 Å². The third kappa shape index (κ3) is 4.42. The standard InChI is InChI=1S/C16H17N3O2/c1-19(12-13-6-5-9-17-10-13)15(20)11-18-16(21)14-7-3-2-4-8-14/h2-10H,11-12H2,1H3,(H,18,21). The summed E-state index contributed by atoms with van der Waals surface area (Å²) in [5.41, 5.74) is 1.49. The number of benzene rings is 1. The van der Waals surface area contributed by atoms with E-state index in [1.807, 2.05) is 18.2 Å². The highest BCUT2D eigenvalue weighted by Crippen LogP contribution is 2.01. The molecule has 108 valence electrons. The van der Waals surface area contributed by atoms with Gasteiger partial charge in [0, 0.05) is 31.5 Å². The van der Waals surface area contributed by atoms with Gasteiger partial charge in [0.15, 0.2) is 0 Å². The van der Waals surface area contributed by atoms with Gasteiger partial charge in [0.2, 0.25) is 5.91 Å². The quantitative estimate of drug-likeness (QED) is 0.904. The number of nitrogens with zero attached hydrogens (tertiary/aromatic N) is 2. The molecular weight excluding hydrogens is 266 g/mol. The molecule has 0 bridgehead atoms. The number of carbonyl (C=O) groups is 2. The van der Waals surface area contributed by atoms with Crippen molar-refractivity contribution in [3.63, 3.8) is 0 Å². The van der Waals surface area contributed by atoms with Crippen LogP contribution >= 0.6 is 0 Å². The first-order valence-electron chi connectivity index (χ1n) is 6.63. The fourth-order valence-corrected chi connectivity index (χ4v) is 1.84. The van der Waals surface area contributed by atoms with Crippen LogP contribution in [0.4, 0.5) is 0 Å². The van der Waals surface area contributed by atoms with Gasteiger partial charge in [0.05, 0.1) is 6.54 Å². The third-order valence-electron chi connectivity index (χ3n) is 3.00. The summed E-state index contributed by atoms with van der Waals surface area (Å²) < 4.78 is 0. The lowest BCUT2D eigenvalue weighted by molar-refractivity contribution is -0.129. The molecule has 1 heterocycles. The Morgan fingerprint density at radius 2 is 1.90 bits per heavy atom. The molecule has 0 saturated carbocycles. The molecule has 0 aliphatic carbocycles. The van der Waals surface area contributed by atoms with Crippen LogP contribution < -0.4 is 5.32 Å². The highest BCUT2D eigenvalue weighted by atomic mass is 16.2. The Kier molecular flexibility index (Phi) is 5.04. The van der Waals surface area contributed by atoms with Gasteiger partial charge in [-0.25, -0.2) is 0 Å². The van der Waals surface area contributed by atoms with Crippen molar-refractivity contribution >= 4 is 11.8 Å². The van der Waals surface area contributed by atoms with Crippen molar-refractivity contribution in [2.45, 2.75) is 6.54 Å². The molecule has 21 heavy (non-hydrogen) atoms. The van der Waals surface area contributed by atoms with Gasteiger partial charge in [-0.05, 0) is 23.8 Å². The van der Waals surface area contributed by atoms with E-state index >= 15 is 0 Å².